The second kappa shape index (κ2) is 5.91. The first kappa shape index (κ1) is 13.0. The van der Waals surface area contributed by atoms with Gasteiger partial charge in [-0.25, -0.2) is 0 Å². The van der Waals surface area contributed by atoms with E-state index >= 15 is 0 Å². The van der Waals surface area contributed by atoms with Crippen molar-refractivity contribution in [3.8, 4) is 6.07 Å². The molecule has 2 atom stereocenters. The molecule has 1 aliphatic rings. The monoisotopic (exact) mass is 267 g/mol. The van der Waals surface area contributed by atoms with Crippen LogP contribution in [0.1, 0.15) is 23.8 Å². The number of nitrogens with zero attached hydrogens (tertiary/aromatic N) is 2. The van der Waals surface area contributed by atoms with Gasteiger partial charge in [-0.3, -0.25) is 15.4 Å². The summed E-state index contributed by atoms with van der Waals surface area (Å²) >= 11 is 1.03. The van der Waals surface area contributed by atoms with E-state index in [4.69, 9.17) is 10.00 Å². The van der Waals surface area contributed by atoms with Gasteiger partial charge in [-0.05, 0) is 18.9 Å². The van der Waals surface area contributed by atoms with Crippen LogP contribution in [0.3, 0.4) is 0 Å². The van der Waals surface area contributed by atoms with Crippen molar-refractivity contribution in [3.63, 3.8) is 0 Å². The average molecular weight is 267 g/mol. The van der Waals surface area contributed by atoms with Gasteiger partial charge in [-0.1, -0.05) is 11.3 Å². The Hall–Kier alpha value is -1.49. The van der Waals surface area contributed by atoms with Crippen molar-refractivity contribution in [1.29, 1.82) is 5.26 Å². The van der Waals surface area contributed by atoms with Gasteiger partial charge in [0, 0.05) is 24.1 Å². The fourth-order valence-electron chi connectivity index (χ4n) is 1.86. The molecule has 1 N–H and O–H groups in total. The molecule has 0 saturated carbocycles. The SMILES string of the molecule is N#CC(NCC1CCCO1)c1ccc([N+](=O)[O-])s1. The molecule has 0 aliphatic carbocycles. The Balaban J connectivity index is 1.94. The molecule has 1 fully saturated rings. The van der Waals surface area contributed by atoms with Gasteiger partial charge >= 0.3 is 5.00 Å². The second-order valence-corrected chi connectivity index (χ2v) is 5.13. The quantitative estimate of drug-likeness (QED) is 0.651. The van der Waals surface area contributed by atoms with Crippen LogP contribution in [0.15, 0.2) is 12.1 Å². The van der Waals surface area contributed by atoms with Crippen molar-refractivity contribution in [2.24, 2.45) is 0 Å². The third kappa shape index (κ3) is 3.04. The first-order valence-electron chi connectivity index (χ1n) is 5.69. The molecule has 0 bridgehead atoms. The number of hydrogen-bond acceptors (Lipinski definition) is 6. The summed E-state index contributed by atoms with van der Waals surface area (Å²) in [4.78, 5) is 10.8. The molecule has 18 heavy (non-hydrogen) atoms. The van der Waals surface area contributed by atoms with Crippen LogP contribution in [0.4, 0.5) is 5.00 Å². The van der Waals surface area contributed by atoms with Crippen LogP contribution in [0, 0.1) is 21.4 Å². The van der Waals surface area contributed by atoms with E-state index < -0.39 is 11.0 Å². The molecule has 1 aromatic heterocycles. The zero-order valence-corrected chi connectivity index (χ0v) is 10.5. The molecular formula is C11H13N3O3S. The van der Waals surface area contributed by atoms with E-state index in [1.807, 2.05) is 0 Å². The van der Waals surface area contributed by atoms with Gasteiger partial charge in [-0.15, -0.1) is 0 Å². The topological polar surface area (TPSA) is 88.2 Å². The van der Waals surface area contributed by atoms with Crippen LogP contribution in [0.2, 0.25) is 0 Å². The Morgan fingerprint density at radius 3 is 3.11 bits per heavy atom. The Morgan fingerprint density at radius 1 is 1.72 bits per heavy atom. The summed E-state index contributed by atoms with van der Waals surface area (Å²) < 4.78 is 5.45. The van der Waals surface area contributed by atoms with E-state index in [1.54, 1.807) is 6.07 Å². The van der Waals surface area contributed by atoms with Gasteiger partial charge in [0.05, 0.1) is 17.1 Å². The zero-order valence-electron chi connectivity index (χ0n) is 9.67. The third-order valence-electron chi connectivity index (χ3n) is 2.78. The average Bonchev–Trinajstić information content (AvgIpc) is 3.00. The molecule has 1 aromatic rings. The van der Waals surface area contributed by atoms with Crippen LogP contribution >= 0.6 is 11.3 Å². The number of thiophene rings is 1. The number of nitriles is 1. The van der Waals surface area contributed by atoms with Crippen molar-refractivity contribution >= 4 is 16.3 Å². The predicted molar refractivity (Wildman–Crippen MR) is 66.3 cm³/mol. The van der Waals surface area contributed by atoms with Crippen molar-refractivity contribution in [2.45, 2.75) is 25.0 Å². The molecule has 2 rings (SSSR count). The Kier molecular flexibility index (Phi) is 4.25. The van der Waals surface area contributed by atoms with Crippen molar-refractivity contribution in [2.75, 3.05) is 13.2 Å². The molecule has 0 amide bonds. The summed E-state index contributed by atoms with van der Waals surface area (Å²) in [7, 11) is 0. The Bertz CT molecular complexity index is 462. The van der Waals surface area contributed by atoms with Gasteiger partial charge in [0.25, 0.3) is 0 Å². The first-order chi connectivity index (χ1) is 8.70. The Morgan fingerprint density at radius 2 is 2.56 bits per heavy atom. The second-order valence-electron chi connectivity index (χ2n) is 4.04. The molecule has 7 heteroatoms. The van der Waals surface area contributed by atoms with Gasteiger partial charge in [0.2, 0.25) is 0 Å². The standard InChI is InChI=1S/C11H13N3O3S/c12-6-9(13-7-8-2-1-5-17-8)10-3-4-11(18-10)14(15)16/h3-4,8-9,13H,1-2,5,7H2. The largest absolute Gasteiger partial charge is 0.377 e. The molecule has 96 valence electrons. The number of nitrogens with one attached hydrogen (secondary N) is 1. The van der Waals surface area contributed by atoms with Gasteiger partial charge in [0.1, 0.15) is 6.04 Å². The maximum atomic E-state index is 10.6. The van der Waals surface area contributed by atoms with Crippen LogP contribution in [-0.2, 0) is 4.74 Å². The Labute approximate surface area is 108 Å². The fraction of sp³-hybridized carbons (Fsp3) is 0.545. The third-order valence-corrected chi connectivity index (χ3v) is 3.88. The van der Waals surface area contributed by atoms with Crippen molar-refractivity contribution in [1.82, 2.24) is 5.32 Å². The van der Waals surface area contributed by atoms with Gasteiger partial charge in [0.15, 0.2) is 0 Å². The van der Waals surface area contributed by atoms with E-state index in [9.17, 15) is 10.1 Å². The summed E-state index contributed by atoms with van der Waals surface area (Å²) in [5, 5.41) is 22.8. The lowest BCUT2D eigenvalue weighted by molar-refractivity contribution is -0.380. The molecular weight excluding hydrogens is 254 g/mol. The van der Waals surface area contributed by atoms with Crippen LogP contribution in [0.5, 0.6) is 0 Å². The van der Waals surface area contributed by atoms with Crippen LogP contribution in [-0.4, -0.2) is 24.2 Å². The molecule has 0 spiro atoms. The van der Waals surface area contributed by atoms with E-state index in [0.29, 0.717) is 11.4 Å². The minimum absolute atomic E-state index is 0.0594. The van der Waals surface area contributed by atoms with Crippen molar-refractivity contribution in [3.05, 3.63) is 27.1 Å². The minimum Gasteiger partial charge on any atom is -0.377 e. The van der Waals surface area contributed by atoms with E-state index in [1.165, 1.54) is 6.07 Å². The summed E-state index contributed by atoms with van der Waals surface area (Å²) in [6.07, 6.45) is 2.19. The maximum absolute atomic E-state index is 10.6. The maximum Gasteiger partial charge on any atom is 0.324 e. The lowest BCUT2D eigenvalue weighted by atomic mass is 10.2. The highest BCUT2D eigenvalue weighted by Gasteiger charge is 2.20. The van der Waals surface area contributed by atoms with E-state index in [-0.39, 0.29) is 11.1 Å². The lowest BCUT2D eigenvalue weighted by Crippen LogP contribution is -2.28. The highest BCUT2D eigenvalue weighted by molar-refractivity contribution is 7.15. The molecule has 1 saturated heterocycles. The van der Waals surface area contributed by atoms with Gasteiger partial charge < -0.3 is 4.74 Å². The molecule has 0 aromatic carbocycles. The summed E-state index contributed by atoms with van der Waals surface area (Å²) in [6, 6.07) is 4.66. The molecule has 6 nitrogen and oxygen atoms in total. The van der Waals surface area contributed by atoms with E-state index in [0.717, 1.165) is 30.8 Å². The zero-order chi connectivity index (χ0) is 13.0. The summed E-state index contributed by atoms with van der Waals surface area (Å²) in [5.41, 5.74) is 0. The summed E-state index contributed by atoms with van der Waals surface area (Å²) in [5.74, 6) is 0. The fourth-order valence-corrected chi connectivity index (χ4v) is 2.70. The number of nitro groups is 1. The first-order valence-corrected chi connectivity index (χ1v) is 6.51. The predicted octanol–water partition coefficient (Wildman–Crippen LogP) is 1.99. The molecule has 0 radical (unpaired) electrons. The highest BCUT2D eigenvalue weighted by atomic mass is 32.1. The normalized spacial score (nSPS) is 20.5. The number of rotatable bonds is 5. The summed E-state index contributed by atoms with van der Waals surface area (Å²) in [6.45, 7) is 1.37. The lowest BCUT2D eigenvalue weighted by Gasteiger charge is -2.13. The molecule has 1 aliphatic heterocycles. The van der Waals surface area contributed by atoms with Gasteiger partial charge in [-0.2, -0.15) is 5.26 Å². The molecule has 2 heterocycles. The minimum atomic E-state index is -0.507. The molecule has 2 unspecified atom stereocenters. The smallest absolute Gasteiger partial charge is 0.324 e. The number of hydrogen-bond donors (Lipinski definition) is 1. The van der Waals surface area contributed by atoms with Crippen LogP contribution < -0.4 is 5.32 Å². The van der Waals surface area contributed by atoms with Crippen molar-refractivity contribution < 1.29 is 9.66 Å². The number of ether oxygens (including phenoxy) is 1. The highest BCUT2D eigenvalue weighted by Crippen LogP contribution is 2.28. The van der Waals surface area contributed by atoms with Crippen LogP contribution in [0.25, 0.3) is 0 Å². The van der Waals surface area contributed by atoms with E-state index in [2.05, 4.69) is 11.4 Å².